The van der Waals surface area contributed by atoms with E-state index in [0.29, 0.717) is 12.2 Å². The van der Waals surface area contributed by atoms with Crippen molar-refractivity contribution in [3.05, 3.63) is 28.8 Å². The highest BCUT2D eigenvalue weighted by Gasteiger charge is 2.29. The molecule has 0 bridgehead atoms. The number of carboxylic acid groups (broad SMARTS) is 1. The maximum absolute atomic E-state index is 11.1. The summed E-state index contributed by atoms with van der Waals surface area (Å²) in [5.74, 6) is -0.513. The van der Waals surface area contributed by atoms with Gasteiger partial charge in [0.15, 0.2) is 0 Å². The number of benzene rings is 1. The van der Waals surface area contributed by atoms with Crippen molar-refractivity contribution in [1.29, 1.82) is 0 Å². The van der Waals surface area contributed by atoms with Crippen molar-refractivity contribution in [3.8, 4) is 5.75 Å². The lowest BCUT2D eigenvalue weighted by Gasteiger charge is -2.23. The molecule has 0 aromatic heterocycles. The molecule has 3 heteroatoms. The molecular formula is C15H20O3. The molecule has 1 aliphatic carbocycles. The molecule has 0 amide bonds. The average molecular weight is 248 g/mol. The zero-order valence-electron chi connectivity index (χ0n) is 11.0. The Balaban J connectivity index is 2.33. The van der Waals surface area contributed by atoms with Gasteiger partial charge in [-0.25, -0.2) is 0 Å². The molecule has 1 aromatic rings. The van der Waals surface area contributed by atoms with Gasteiger partial charge in [-0.05, 0) is 62.6 Å². The van der Waals surface area contributed by atoms with Crippen molar-refractivity contribution < 1.29 is 15.0 Å². The van der Waals surface area contributed by atoms with Gasteiger partial charge < -0.3 is 10.2 Å². The predicted octanol–water partition coefficient (Wildman–Crippen LogP) is 2.92. The topological polar surface area (TPSA) is 57.5 Å². The lowest BCUT2D eigenvalue weighted by atomic mass is 9.82. The molecule has 18 heavy (non-hydrogen) atoms. The number of phenolic OH excluding ortho intramolecular Hbond substituents is 1. The zero-order valence-corrected chi connectivity index (χ0v) is 11.0. The fourth-order valence-electron chi connectivity index (χ4n) is 2.55. The second kappa shape index (κ2) is 4.63. The molecule has 1 aliphatic rings. The van der Waals surface area contributed by atoms with Crippen molar-refractivity contribution in [2.45, 2.75) is 46.0 Å². The standard InChI is InChI=1S/C15H20O3/c1-15(2,14(17)18)9-11-8-7-10-5-3-4-6-12(10)13(11)16/h7-8,16H,3-6,9H2,1-2H3,(H,17,18). The monoisotopic (exact) mass is 248 g/mol. The highest BCUT2D eigenvalue weighted by atomic mass is 16.4. The largest absolute Gasteiger partial charge is 0.507 e. The van der Waals surface area contributed by atoms with Crippen LogP contribution in [0.1, 0.15) is 43.4 Å². The van der Waals surface area contributed by atoms with Gasteiger partial charge in [0.2, 0.25) is 0 Å². The number of carbonyl (C=O) groups is 1. The van der Waals surface area contributed by atoms with Crippen LogP contribution in [0.25, 0.3) is 0 Å². The van der Waals surface area contributed by atoms with Gasteiger partial charge in [0.1, 0.15) is 5.75 Å². The number of carboxylic acids is 1. The minimum Gasteiger partial charge on any atom is -0.507 e. The van der Waals surface area contributed by atoms with Crippen LogP contribution in [0, 0.1) is 5.41 Å². The summed E-state index contributed by atoms with van der Waals surface area (Å²) >= 11 is 0. The molecule has 0 saturated heterocycles. The van der Waals surface area contributed by atoms with Crippen molar-refractivity contribution >= 4 is 5.97 Å². The number of rotatable bonds is 3. The van der Waals surface area contributed by atoms with Crippen LogP contribution in [-0.2, 0) is 24.1 Å². The van der Waals surface area contributed by atoms with E-state index in [-0.39, 0.29) is 0 Å². The first-order valence-electron chi connectivity index (χ1n) is 6.48. The Morgan fingerprint density at radius 2 is 1.94 bits per heavy atom. The minimum absolute atomic E-state index is 0.321. The number of aliphatic carboxylic acids is 1. The van der Waals surface area contributed by atoms with E-state index in [2.05, 4.69) is 0 Å². The molecule has 0 saturated carbocycles. The molecule has 2 rings (SSSR count). The molecule has 1 aromatic carbocycles. The molecule has 98 valence electrons. The summed E-state index contributed by atoms with van der Waals surface area (Å²) in [7, 11) is 0. The summed E-state index contributed by atoms with van der Waals surface area (Å²) in [6.45, 7) is 3.38. The van der Waals surface area contributed by atoms with Crippen LogP contribution < -0.4 is 0 Å². The molecule has 0 aliphatic heterocycles. The SMILES string of the molecule is CC(C)(Cc1ccc2c(c1O)CCCC2)C(=O)O. The van der Waals surface area contributed by atoms with E-state index in [9.17, 15) is 9.90 Å². The fraction of sp³-hybridized carbons (Fsp3) is 0.533. The first-order chi connectivity index (χ1) is 8.42. The van der Waals surface area contributed by atoms with Crippen LogP contribution in [0.15, 0.2) is 12.1 Å². The van der Waals surface area contributed by atoms with E-state index in [1.165, 1.54) is 12.0 Å². The van der Waals surface area contributed by atoms with Gasteiger partial charge in [-0.3, -0.25) is 4.79 Å². The summed E-state index contributed by atoms with van der Waals surface area (Å²) in [4.78, 5) is 11.1. The molecule has 0 spiro atoms. The molecule has 0 unspecified atom stereocenters. The van der Waals surface area contributed by atoms with Crippen LogP contribution in [0.5, 0.6) is 5.75 Å². The van der Waals surface area contributed by atoms with Crippen LogP contribution in [-0.4, -0.2) is 16.2 Å². The number of aryl methyl sites for hydroxylation is 1. The van der Waals surface area contributed by atoms with Crippen molar-refractivity contribution in [1.82, 2.24) is 0 Å². The van der Waals surface area contributed by atoms with E-state index in [1.54, 1.807) is 13.8 Å². The van der Waals surface area contributed by atoms with E-state index in [0.717, 1.165) is 30.4 Å². The van der Waals surface area contributed by atoms with E-state index >= 15 is 0 Å². The van der Waals surface area contributed by atoms with E-state index < -0.39 is 11.4 Å². The minimum atomic E-state index is -0.847. The van der Waals surface area contributed by atoms with Gasteiger partial charge in [0.05, 0.1) is 5.41 Å². The van der Waals surface area contributed by atoms with Crippen molar-refractivity contribution in [3.63, 3.8) is 0 Å². The maximum Gasteiger partial charge on any atom is 0.309 e. The fourth-order valence-corrected chi connectivity index (χ4v) is 2.55. The van der Waals surface area contributed by atoms with Gasteiger partial charge in [-0.2, -0.15) is 0 Å². The Kier molecular flexibility index (Phi) is 3.33. The first-order valence-corrected chi connectivity index (χ1v) is 6.48. The van der Waals surface area contributed by atoms with E-state index in [1.807, 2.05) is 12.1 Å². The lowest BCUT2D eigenvalue weighted by Crippen LogP contribution is -2.26. The molecule has 3 nitrogen and oxygen atoms in total. The van der Waals surface area contributed by atoms with Gasteiger partial charge in [-0.1, -0.05) is 12.1 Å². The Morgan fingerprint density at radius 3 is 2.61 bits per heavy atom. The third kappa shape index (κ3) is 2.35. The van der Waals surface area contributed by atoms with Crippen LogP contribution >= 0.6 is 0 Å². The maximum atomic E-state index is 11.1. The van der Waals surface area contributed by atoms with Crippen LogP contribution in [0.4, 0.5) is 0 Å². The summed E-state index contributed by atoms with van der Waals surface area (Å²) < 4.78 is 0. The Morgan fingerprint density at radius 1 is 1.28 bits per heavy atom. The predicted molar refractivity (Wildman–Crippen MR) is 69.9 cm³/mol. The van der Waals surface area contributed by atoms with Crippen molar-refractivity contribution in [2.75, 3.05) is 0 Å². The van der Waals surface area contributed by atoms with Gasteiger partial charge in [0.25, 0.3) is 0 Å². The Labute approximate surface area is 107 Å². The Bertz CT molecular complexity index is 475. The van der Waals surface area contributed by atoms with Gasteiger partial charge >= 0.3 is 5.97 Å². The van der Waals surface area contributed by atoms with Crippen molar-refractivity contribution in [2.24, 2.45) is 5.41 Å². The summed E-state index contributed by atoms with van der Waals surface area (Å²) in [5, 5.41) is 19.4. The highest BCUT2D eigenvalue weighted by Crippen LogP contribution is 2.35. The third-order valence-corrected chi connectivity index (χ3v) is 3.80. The molecule has 0 fully saturated rings. The smallest absolute Gasteiger partial charge is 0.309 e. The Hall–Kier alpha value is -1.51. The molecule has 0 heterocycles. The quantitative estimate of drug-likeness (QED) is 0.864. The number of aromatic hydroxyl groups is 1. The summed E-state index contributed by atoms with van der Waals surface area (Å²) in [5.41, 5.74) is 2.15. The number of hydrogen-bond donors (Lipinski definition) is 2. The molecule has 2 N–H and O–H groups in total. The average Bonchev–Trinajstić information content (AvgIpc) is 2.33. The highest BCUT2D eigenvalue weighted by molar-refractivity contribution is 5.74. The number of hydrogen-bond acceptors (Lipinski definition) is 2. The molecule has 0 radical (unpaired) electrons. The lowest BCUT2D eigenvalue weighted by molar-refractivity contribution is -0.146. The first kappa shape index (κ1) is 12.9. The zero-order chi connectivity index (χ0) is 13.3. The third-order valence-electron chi connectivity index (χ3n) is 3.80. The van der Waals surface area contributed by atoms with Gasteiger partial charge in [-0.15, -0.1) is 0 Å². The second-order valence-electron chi connectivity index (χ2n) is 5.78. The van der Waals surface area contributed by atoms with Crippen LogP contribution in [0.3, 0.4) is 0 Å². The summed E-state index contributed by atoms with van der Waals surface area (Å²) in [6.07, 6.45) is 4.56. The molecular weight excluding hydrogens is 228 g/mol. The van der Waals surface area contributed by atoms with Gasteiger partial charge in [0, 0.05) is 0 Å². The number of fused-ring (bicyclic) bond motifs is 1. The summed E-state index contributed by atoms with van der Waals surface area (Å²) in [6, 6.07) is 3.92. The number of phenols is 1. The molecule has 0 atom stereocenters. The van der Waals surface area contributed by atoms with E-state index in [4.69, 9.17) is 5.11 Å². The normalized spacial score (nSPS) is 15.2. The van der Waals surface area contributed by atoms with Crippen LogP contribution in [0.2, 0.25) is 0 Å². The second-order valence-corrected chi connectivity index (χ2v) is 5.78.